The second kappa shape index (κ2) is 13.8. The van der Waals surface area contributed by atoms with E-state index in [9.17, 15) is 24.9 Å². The summed E-state index contributed by atoms with van der Waals surface area (Å²) in [7, 11) is 0. The lowest BCUT2D eigenvalue weighted by Crippen LogP contribution is -2.49. The van der Waals surface area contributed by atoms with Crippen LogP contribution in [0, 0.1) is 6.92 Å². The van der Waals surface area contributed by atoms with Crippen molar-refractivity contribution in [3.63, 3.8) is 0 Å². The lowest BCUT2D eigenvalue weighted by molar-refractivity contribution is -0.216. The molecule has 0 aromatic heterocycles. The van der Waals surface area contributed by atoms with Crippen molar-refractivity contribution in [1.29, 1.82) is 0 Å². The Kier molecular flexibility index (Phi) is 9.02. The quantitative estimate of drug-likeness (QED) is 0.206. The lowest BCUT2D eigenvalue weighted by atomic mass is 9.79. The first-order chi connectivity index (χ1) is 25.1. The van der Waals surface area contributed by atoms with Crippen molar-refractivity contribution in [2.45, 2.75) is 82.8 Å². The number of rotatable bonds is 6. The molecule has 1 unspecified atom stereocenters. The maximum absolute atomic E-state index is 13.8. The Balaban J connectivity index is 1.02. The summed E-state index contributed by atoms with van der Waals surface area (Å²) in [5.41, 5.74) is 6.03. The number of phenolic OH excluding ortho intramolecular Hbond substituents is 1. The molecule has 3 aliphatic heterocycles. The Labute approximate surface area is 301 Å². The molecule has 1 aliphatic carbocycles. The predicted molar refractivity (Wildman–Crippen MR) is 191 cm³/mol. The Morgan fingerprint density at radius 3 is 2.67 bits per heavy atom. The van der Waals surface area contributed by atoms with Gasteiger partial charge in [0.25, 0.3) is 5.91 Å². The summed E-state index contributed by atoms with van der Waals surface area (Å²) in [6.45, 7) is 3.88. The fraction of sp³-hybridized carbons (Fsp3) is 0.366. The minimum Gasteiger partial charge on any atom is -0.507 e. The molecule has 1 amide bonds. The first-order valence-corrected chi connectivity index (χ1v) is 17.9. The minimum absolute atomic E-state index is 0.115. The molecule has 4 aromatic rings. The highest BCUT2D eigenvalue weighted by Gasteiger charge is 2.42. The molecule has 11 nitrogen and oxygen atoms in total. The van der Waals surface area contributed by atoms with E-state index in [0.717, 1.165) is 38.7 Å². The number of aliphatic hydroxyl groups is 2. The van der Waals surface area contributed by atoms with E-state index in [4.69, 9.17) is 18.9 Å². The molecule has 4 aliphatic rings. The predicted octanol–water partition coefficient (Wildman–Crippen LogP) is 4.81. The van der Waals surface area contributed by atoms with Gasteiger partial charge in [-0.3, -0.25) is 4.79 Å². The van der Waals surface area contributed by atoms with Gasteiger partial charge < -0.3 is 44.5 Å². The molecule has 11 heteroatoms. The molecule has 0 radical (unpaired) electrons. The Morgan fingerprint density at radius 2 is 1.85 bits per heavy atom. The molecule has 0 saturated carbocycles. The highest BCUT2D eigenvalue weighted by molar-refractivity contribution is 5.87. The van der Waals surface area contributed by atoms with Gasteiger partial charge in [0.05, 0.1) is 12.2 Å². The van der Waals surface area contributed by atoms with Crippen LogP contribution in [-0.2, 0) is 31.9 Å². The van der Waals surface area contributed by atoms with Gasteiger partial charge in [0.15, 0.2) is 6.61 Å². The molecule has 270 valence electrons. The van der Waals surface area contributed by atoms with Crippen LogP contribution in [0.2, 0.25) is 0 Å². The van der Waals surface area contributed by atoms with Crippen LogP contribution in [0.25, 0.3) is 16.3 Å². The largest absolute Gasteiger partial charge is 0.507 e. The van der Waals surface area contributed by atoms with Gasteiger partial charge in [-0.1, -0.05) is 42.5 Å². The Morgan fingerprint density at radius 1 is 1.02 bits per heavy atom. The van der Waals surface area contributed by atoms with E-state index < -0.39 is 48.7 Å². The van der Waals surface area contributed by atoms with Gasteiger partial charge in [0.2, 0.25) is 12.5 Å². The first-order valence-electron chi connectivity index (χ1n) is 17.9. The van der Waals surface area contributed by atoms with Gasteiger partial charge in [-0.15, -0.1) is 0 Å². The van der Waals surface area contributed by atoms with E-state index in [1.807, 2.05) is 73.7 Å². The number of hydrogen-bond donors (Lipinski definition) is 4. The van der Waals surface area contributed by atoms with E-state index in [-0.39, 0.29) is 18.8 Å². The Bertz CT molecular complexity index is 2070. The number of amides is 1. The van der Waals surface area contributed by atoms with Gasteiger partial charge in [0.1, 0.15) is 29.4 Å². The summed E-state index contributed by atoms with van der Waals surface area (Å²) in [5.74, 6) is 0.295. The summed E-state index contributed by atoms with van der Waals surface area (Å²) >= 11 is 0. The second-order valence-electron chi connectivity index (χ2n) is 14.1. The SMILES string of the molecule is Cc1cc(O)c2c(c1)C1OC(=O)[C@@H](NC(=O)COc3ccc4ccccc4c3)CCCN1C1=C2Cc2cccc(O[C@H]3C[C@@H](O)[C@@H](O)[C@H](C)O3)c2C1. The summed E-state index contributed by atoms with van der Waals surface area (Å²) in [4.78, 5) is 29.0. The van der Waals surface area contributed by atoms with E-state index in [1.165, 1.54) is 0 Å². The number of fused-ring (bicyclic) bond motifs is 7. The zero-order chi connectivity index (χ0) is 36.1. The molecular weight excluding hydrogens is 664 g/mol. The number of hydrogen-bond acceptors (Lipinski definition) is 10. The zero-order valence-electron chi connectivity index (χ0n) is 29.1. The van der Waals surface area contributed by atoms with Gasteiger partial charge in [-0.25, -0.2) is 4.79 Å². The number of aryl methyl sites for hydroxylation is 1. The third-order valence-corrected chi connectivity index (χ3v) is 10.5. The number of carbonyl (C=O) groups is 2. The summed E-state index contributed by atoms with van der Waals surface area (Å²) < 4.78 is 24.2. The van der Waals surface area contributed by atoms with Crippen molar-refractivity contribution < 1.29 is 43.9 Å². The number of allylic oxidation sites excluding steroid dienone is 2. The number of esters is 1. The normalized spacial score (nSPS) is 25.5. The van der Waals surface area contributed by atoms with Crippen molar-refractivity contribution >= 4 is 28.2 Å². The molecule has 3 heterocycles. The van der Waals surface area contributed by atoms with Gasteiger partial charge in [0, 0.05) is 48.2 Å². The molecule has 2 saturated heterocycles. The molecule has 4 aromatic carbocycles. The van der Waals surface area contributed by atoms with E-state index in [0.29, 0.717) is 54.9 Å². The van der Waals surface area contributed by atoms with Crippen LogP contribution in [0.5, 0.6) is 17.2 Å². The van der Waals surface area contributed by atoms with Crippen molar-refractivity contribution in [2.75, 3.05) is 13.2 Å². The van der Waals surface area contributed by atoms with E-state index in [1.54, 1.807) is 13.0 Å². The maximum Gasteiger partial charge on any atom is 0.330 e. The highest BCUT2D eigenvalue weighted by atomic mass is 16.7. The van der Waals surface area contributed by atoms with Crippen LogP contribution in [0.1, 0.15) is 60.2 Å². The summed E-state index contributed by atoms with van der Waals surface area (Å²) in [5, 5.41) is 36.8. The van der Waals surface area contributed by atoms with Crippen LogP contribution in [0.15, 0.2) is 78.5 Å². The number of aromatic hydroxyl groups is 1. The number of nitrogens with zero attached hydrogens (tertiary/aromatic N) is 1. The van der Waals surface area contributed by atoms with Crippen LogP contribution >= 0.6 is 0 Å². The van der Waals surface area contributed by atoms with Crippen molar-refractivity contribution in [3.05, 3.63) is 106 Å². The number of benzene rings is 4. The molecule has 52 heavy (non-hydrogen) atoms. The average molecular weight is 707 g/mol. The zero-order valence-corrected chi connectivity index (χ0v) is 29.1. The van der Waals surface area contributed by atoms with Crippen molar-refractivity contribution in [1.82, 2.24) is 10.2 Å². The third-order valence-electron chi connectivity index (χ3n) is 10.5. The monoisotopic (exact) mass is 706 g/mol. The van der Waals surface area contributed by atoms with E-state index >= 15 is 0 Å². The fourth-order valence-corrected chi connectivity index (χ4v) is 7.96. The van der Waals surface area contributed by atoms with Crippen molar-refractivity contribution in [2.24, 2.45) is 0 Å². The molecule has 0 bridgehead atoms. The topological polar surface area (TPSA) is 147 Å². The number of ether oxygens (including phenoxy) is 4. The van der Waals surface area contributed by atoms with Crippen LogP contribution in [0.4, 0.5) is 0 Å². The minimum atomic E-state index is -0.987. The molecule has 4 N–H and O–H groups in total. The molecule has 8 rings (SSSR count). The lowest BCUT2D eigenvalue weighted by Gasteiger charge is -2.45. The van der Waals surface area contributed by atoms with Gasteiger partial charge in [-0.05, 0) is 84.5 Å². The second-order valence-corrected chi connectivity index (χ2v) is 14.1. The smallest absolute Gasteiger partial charge is 0.330 e. The van der Waals surface area contributed by atoms with Gasteiger partial charge in [-0.2, -0.15) is 0 Å². The van der Waals surface area contributed by atoms with Gasteiger partial charge >= 0.3 is 5.97 Å². The number of phenols is 1. The average Bonchev–Trinajstić information content (AvgIpc) is 3.12. The molecule has 0 spiro atoms. The molecule has 2 fully saturated rings. The highest BCUT2D eigenvalue weighted by Crippen LogP contribution is 2.50. The Hall–Kier alpha value is -5.10. The van der Waals surface area contributed by atoms with Crippen LogP contribution in [0.3, 0.4) is 0 Å². The summed E-state index contributed by atoms with van der Waals surface area (Å²) in [6, 6.07) is 22.1. The first kappa shape index (κ1) is 34.0. The molecule has 6 atom stereocenters. The van der Waals surface area contributed by atoms with E-state index in [2.05, 4.69) is 10.2 Å². The third kappa shape index (κ3) is 6.44. The standard InChI is InChI=1S/C41H42N2O9/c1-22-15-30-38(33(44)16-22)29-18-26-9-5-11-35(51-37-20-34(45)39(47)23(2)50-37)28(26)19-32(29)43-14-6-10-31(41(48)52-40(30)43)42-36(46)21-49-27-13-12-24-7-3-4-8-25(24)17-27/h3-5,7-9,11-13,15-17,23,31,34,37,39-40,44-45,47H,6,10,14,18-21H2,1-2H3,(H,42,46)/t23-,31-,34+,37-,39-,40?/m0/s1. The fourth-order valence-electron chi connectivity index (χ4n) is 7.96. The number of nitrogens with one attached hydrogen (secondary N) is 1. The maximum atomic E-state index is 13.8. The van der Waals surface area contributed by atoms with Crippen LogP contribution in [-0.4, -0.2) is 75.9 Å². The molecular formula is C41H42N2O9. The number of aliphatic hydroxyl groups excluding tert-OH is 2. The van der Waals surface area contributed by atoms with Crippen molar-refractivity contribution in [3.8, 4) is 17.2 Å². The number of carbonyl (C=O) groups excluding carboxylic acids is 2. The summed E-state index contributed by atoms with van der Waals surface area (Å²) in [6.07, 6.45) is -2.06. The van der Waals surface area contributed by atoms with Crippen LogP contribution < -0.4 is 14.8 Å².